The summed E-state index contributed by atoms with van der Waals surface area (Å²) in [5, 5.41) is 7.45. The van der Waals surface area contributed by atoms with Crippen molar-refractivity contribution in [3.63, 3.8) is 0 Å². The molecule has 1 aromatic rings. The Labute approximate surface area is 143 Å². The van der Waals surface area contributed by atoms with Gasteiger partial charge in [0.25, 0.3) is 0 Å². The van der Waals surface area contributed by atoms with Crippen LogP contribution in [0.15, 0.2) is 23.2 Å². The molecule has 0 aliphatic carbocycles. The molecule has 6 heteroatoms. The fourth-order valence-corrected chi connectivity index (χ4v) is 3.71. The summed E-state index contributed by atoms with van der Waals surface area (Å²) in [5.41, 5.74) is 1.04. The lowest BCUT2D eigenvalue weighted by atomic mass is 10.2. The van der Waals surface area contributed by atoms with E-state index in [4.69, 9.17) is 9.47 Å². The number of rotatable bonds is 7. The first-order chi connectivity index (χ1) is 11.3. The van der Waals surface area contributed by atoms with Gasteiger partial charge in [0, 0.05) is 30.0 Å². The maximum Gasteiger partial charge on any atom is 0.191 e. The molecule has 2 N–H and O–H groups in total. The summed E-state index contributed by atoms with van der Waals surface area (Å²) in [7, 11) is 3.32. The third-order valence-corrected chi connectivity index (χ3v) is 5.17. The molecule has 1 fully saturated rings. The van der Waals surface area contributed by atoms with E-state index in [0.717, 1.165) is 36.1 Å². The highest BCUT2D eigenvalue weighted by molar-refractivity contribution is 8.00. The predicted octanol–water partition coefficient (Wildman–Crippen LogP) is 2.65. The molecule has 1 unspecified atom stereocenters. The monoisotopic (exact) mass is 337 g/mol. The molecule has 5 nitrogen and oxygen atoms in total. The number of ether oxygens (including phenoxy) is 2. The number of benzene rings is 1. The summed E-state index contributed by atoms with van der Waals surface area (Å²) in [4.78, 5) is 4.67. The summed E-state index contributed by atoms with van der Waals surface area (Å²) in [6, 6.07) is 5.82. The van der Waals surface area contributed by atoms with Crippen molar-refractivity contribution in [2.24, 2.45) is 4.99 Å². The summed E-state index contributed by atoms with van der Waals surface area (Å²) >= 11 is 2.05. The summed E-state index contributed by atoms with van der Waals surface area (Å²) in [6.07, 6.45) is 2.62. The van der Waals surface area contributed by atoms with E-state index >= 15 is 0 Å². The number of guanidine groups is 1. The zero-order chi connectivity index (χ0) is 16.5. The molecule has 1 aliphatic rings. The number of methoxy groups -OCH3 is 2. The maximum atomic E-state index is 5.43. The van der Waals surface area contributed by atoms with Crippen LogP contribution in [0, 0.1) is 0 Å². The molecule has 1 atom stereocenters. The Morgan fingerprint density at radius 3 is 2.83 bits per heavy atom. The van der Waals surface area contributed by atoms with Gasteiger partial charge in [-0.25, -0.2) is 4.99 Å². The molecule has 0 bridgehead atoms. The van der Waals surface area contributed by atoms with Gasteiger partial charge in [0.05, 0.1) is 20.8 Å². The van der Waals surface area contributed by atoms with Gasteiger partial charge in [-0.1, -0.05) is 0 Å². The molecule has 2 rings (SSSR count). The normalized spacial score (nSPS) is 17.9. The highest BCUT2D eigenvalue weighted by atomic mass is 32.2. The molecule has 1 saturated heterocycles. The summed E-state index contributed by atoms with van der Waals surface area (Å²) in [5.74, 6) is 3.73. The van der Waals surface area contributed by atoms with Gasteiger partial charge in [-0.05, 0) is 37.7 Å². The van der Waals surface area contributed by atoms with Crippen LogP contribution in [0.3, 0.4) is 0 Å². The fraction of sp³-hybridized carbons (Fsp3) is 0.588. The lowest BCUT2D eigenvalue weighted by Crippen LogP contribution is -2.40. The average Bonchev–Trinajstić information content (AvgIpc) is 3.10. The lowest BCUT2D eigenvalue weighted by Gasteiger charge is -2.15. The van der Waals surface area contributed by atoms with Crippen molar-refractivity contribution in [3.05, 3.63) is 23.8 Å². The summed E-state index contributed by atoms with van der Waals surface area (Å²) in [6.45, 7) is 4.47. The predicted molar refractivity (Wildman–Crippen MR) is 97.8 cm³/mol. The number of nitrogens with one attached hydrogen (secondary N) is 2. The largest absolute Gasteiger partial charge is 0.497 e. The summed E-state index contributed by atoms with van der Waals surface area (Å²) < 4.78 is 10.7. The van der Waals surface area contributed by atoms with E-state index in [1.807, 2.05) is 30.0 Å². The van der Waals surface area contributed by atoms with Crippen LogP contribution in [-0.4, -0.2) is 44.3 Å². The number of thioether (sulfide) groups is 1. The van der Waals surface area contributed by atoms with Crippen LogP contribution >= 0.6 is 11.8 Å². The molecular formula is C17H27N3O2S. The number of nitrogens with zero attached hydrogens (tertiary/aromatic N) is 1. The van der Waals surface area contributed by atoms with Crippen LogP contribution in [0.4, 0.5) is 0 Å². The zero-order valence-electron chi connectivity index (χ0n) is 14.2. The van der Waals surface area contributed by atoms with E-state index in [-0.39, 0.29) is 0 Å². The molecule has 128 valence electrons. The third-order valence-electron chi connectivity index (χ3n) is 3.77. The lowest BCUT2D eigenvalue weighted by molar-refractivity contribution is 0.391. The van der Waals surface area contributed by atoms with Crippen molar-refractivity contribution >= 4 is 17.7 Å². The first-order valence-corrected chi connectivity index (χ1v) is 9.16. The first kappa shape index (κ1) is 17.8. The number of hydrogen-bond acceptors (Lipinski definition) is 4. The van der Waals surface area contributed by atoms with Gasteiger partial charge in [-0.3, -0.25) is 0 Å². The molecule has 0 saturated carbocycles. The van der Waals surface area contributed by atoms with E-state index in [9.17, 15) is 0 Å². The van der Waals surface area contributed by atoms with E-state index < -0.39 is 0 Å². The van der Waals surface area contributed by atoms with E-state index in [1.54, 1.807) is 14.2 Å². The Kier molecular flexibility index (Phi) is 7.39. The van der Waals surface area contributed by atoms with Gasteiger partial charge in [0.1, 0.15) is 11.5 Å². The van der Waals surface area contributed by atoms with Crippen LogP contribution in [-0.2, 0) is 6.54 Å². The van der Waals surface area contributed by atoms with Crippen molar-refractivity contribution in [1.82, 2.24) is 10.6 Å². The Morgan fingerprint density at radius 1 is 1.30 bits per heavy atom. The van der Waals surface area contributed by atoms with Gasteiger partial charge < -0.3 is 20.1 Å². The maximum absolute atomic E-state index is 5.43. The molecule has 1 aromatic carbocycles. The van der Waals surface area contributed by atoms with Gasteiger partial charge in [-0.15, -0.1) is 0 Å². The van der Waals surface area contributed by atoms with Crippen LogP contribution in [0.25, 0.3) is 0 Å². The molecular weight excluding hydrogens is 310 g/mol. The molecule has 23 heavy (non-hydrogen) atoms. The van der Waals surface area contributed by atoms with Crippen LogP contribution in [0.2, 0.25) is 0 Å². The second-order valence-electron chi connectivity index (χ2n) is 5.39. The Bertz CT molecular complexity index is 517. The number of aliphatic imine (C=N–C) groups is 1. The van der Waals surface area contributed by atoms with Crippen molar-refractivity contribution in [1.29, 1.82) is 0 Å². The average molecular weight is 337 g/mol. The topological polar surface area (TPSA) is 54.9 Å². The fourth-order valence-electron chi connectivity index (χ4n) is 2.50. The molecule has 0 amide bonds. The van der Waals surface area contributed by atoms with E-state index in [1.165, 1.54) is 18.6 Å². The molecule has 0 spiro atoms. The van der Waals surface area contributed by atoms with Crippen molar-refractivity contribution < 1.29 is 9.47 Å². The third kappa shape index (κ3) is 5.53. The zero-order valence-corrected chi connectivity index (χ0v) is 15.0. The van der Waals surface area contributed by atoms with E-state index in [2.05, 4.69) is 22.5 Å². The minimum atomic E-state index is 0.570. The quantitative estimate of drug-likeness (QED) is 0.592. The van der Waals surface area contributed by atoms with Gasteiger partial charge in [-0.2, -0.15) is 11.8 Å². The van der Waals surface area contributed by atoms with Gasteiger partial charge >= 0.3 is 0 Å². The van der Waals surface area contributed by atoms with Crippen LogP contribution in [0.5, 0.6) is 11.5 Å². The van der Waals surface area contributed by atoms with Gasteiger partial charge in [0.2, 0.25) is 0 Å². The minimum Gasteiger partial charge on any atom is -0.497 e. The Hall–Kier alpha value is -1.56. The van der Waals surface area contributed by atoms with Crippen molar-refractivity contribution in [2.75, 3.05) is 33.1 Å². The van der Waals surface area contributed by atoms with Crippen molar-refractivity contribution in [2.45, 2.75) is 31.6 Å². The molecule has 0 radical (unpaired) electrons. The second kappa shape index (κ2) is 9.55. The molecule has 1 heterocycles. The highest BCUT2D eigenvalue weighted by Crippen LogP contribution is 2.26. The molecule has 0 aromatic heterocycles. The second-order valence-corrected chi connectivity index (χ2v) is 6.80. The first-order valence-electron chi connectivity index (χ1n) is 8.11. The van der Waals surface area contributed by atoms with Crippen LogP contribution < -0.4 is 20.1 Å². The van der Waals surface area contributed by atoms with E-state index in [0.29, 0.717) is 11.8 Å². The minimum absolute atomic E-state index is 0.570. The SMILES string of the molecule is CCNC(=NCc1ccc(OC)cc1OC)NCC1CCCS1. The van der Waals surface area contributed by atoms with Gasteiger partial charge in [0.15, 0.2) is 5.96 Å². The number of hydrogen-bond donors (Lipinski definition) is 2. The Balaban J connectivity index is 1.98. The van der Waals surface area contributed by atoms with Crippen LogP contribution in [0.1, 0.15) is 25.3 Å². The smallest absolute Gasteiger partial charge is 0.191 e. The Morgan fingerprint density at radius 2 is 2.17 bits per heavy atom. The molecule has 1 aliphatic heterocycles. The highest BCUT2D eigenvalue weighted by Gasteiger charge is 2.15. The van der Waals surface area contributed by atoms with Crippen molar-refractivity contribution in [3.8, 4) is 11.5 Å². The standard InChI is InChI=1S/C17H27N3O2S/c1-4-18-17(20-12-15-6-5-9-23-15)19-11-13-7-8-14(21-2)10-16(13)22-3/h7-8,10,15H,4-6,9,11-12H2,1-3H3,(H2,18,19,20).